The molecule has 0 amide bonds. The van der Waals surface area contributed by atoms with E-state index in [9.17, 15) is 10.2 Å². The first-order chi connectivity index (χ1) is 7.86. The molecule has 0 bridgehead atoms. The highest BCUT2D eigenvalue weighted by atomic mass is 16.3. The van der Waals surface area contributed by atoms with Crippen LogP contribution in [-0.4, -0.2) is 22.9 Å². The smallest absolute Gasteiger partial charge is 0.122 e. The topological polar surface area (TPSA) is 52.5 Å². The molecule has 96 valence electrons. The quantitative estimate of drug-likeness (QED) is 0.752. The van der Waals surface area contributed by atoms with E-state index >= 15 is 0 Å². The third-order valence-corrected chi connectivity index (χ3v) is 3.09. The van der Waals surface area contributed by atoms with Gasteiger partial charge in [-0.3, -0.25) is 0 Å². The first kappa shape index (κ1) is 14.0. The minimum Gasteiger partial charge on any atom is -0.507 e. The van der Waals surface area contributed by atoms with Gasteiger partial charge in [-0.1, -0.05) is 39.0 Å². The predicted octanol–water partition coefficient (Wildman–Crippen LogP) is 2.20. The maximum absolute atomic E-state index is 9.88. The van der Waals surface area contributed by atoms with E-state index in [1.165, 1.54) is 0 Å². The monoisotopic (exact) mass is 237 g/mol. The van der Waals surface area contributed by atoms with Gasteiger partial charge in [0.1, 0.15) is 5.75 Å². The summed E-state index contributed by atoms with van der Waals surface area (Å²) in [4.78, 5) is 0. The molecule has 3 N–H and O–H groups in total. The van der Waals surface area contributed by atoms with Crippen LogP contribution in [0.15, 0.2) is 18.2 Å². The lowest BCUT2D eigenvalue weighted by Crippen LogP contribution is -2.42. The average molecular weight is 237 g/mol. The maximum Gasteiger partial charge on any atom is 0.122 e. The highest BCUT2D eigenvalue weighted by Gasteiger charge is 2.23. The van der Waals surface area contributed by atoms with Gasteiger partial charge in [-0.25, -0.2) is 0 Å². The molecule has 0 saturated carbocycles. The summed E-state index contributed by atoms with van der Waals surface area (Å²) in [6.45, 7) is 8.78. The Balaban J connectivity index is 2.70. The number of nitrogens with one attached hydrogen (secondary N) is 1. The van der Waals surface area contributed by atoms with Crippen molar-refractivity contribution in [2.45, 2.75) is 40.3 Å². The Morgan fingerprint density at radius 3 is 2.47 bits per heavy atom. The summed E-state index contributed by atoms with van der Waals surface area (Å²) >= 11 is 0. The third-order valence-electron chi connectivity index (χ3n) is 3.09. The zero-order valence-corrected chi connectivity index (χ0v) is 11.1. The summed E-state index contributed by atoms with van der Waals surface area (Å²) in [7, 11) is 0. The summed E-state index contributed by atoms with van der Waals surface area (Å²) < 4.78 is 0. The third kappa shape index (κ3) is 3.72. The number of hydrogen-bond acceptors (Lipinski definition) is 3. The van der Waals surface area contributed by atoms with E-state index in [-0.39, 0.29) is 18.1 Å². The van der Waals surface area contributed by atoms with Crippen molar-refractivity contribution in [3.63, 3.8) is 0 Å². The fourth-order valence-electron chi connectivity index (χ4n) is 1.74. The number of rotatable bonds is 4. The lowest BCUT2D eigenvalue weighted by molar-refractivity contribution is 0.157. The molecule has 1 aromatic rings. The van der Waals surface area contributed by atoms with Gasteiger partial charge in [0.2, 0.25) is 0 Å². The summed E-state index contributed by atoms with van der Waals surface area (Å²) in [5.41, 5.74) is 1.74. The molecule has 1 unspecified atom stereocenters. The predicted molar refractivity (Wildman–Crippen MR) is 70.0 cm³/mol. The molecule has 0 aliphatic carbocycles. The zero-order chi connectivity index (χ0) is 13.1. The van der Waals surface area contributed by atoms with Gasteiger partial charge in [0.15, 0.2) is 0 Å². The Morgan fingerprint density at radius 1 is 1.29 bits per heavy atom. The van der Waals surface area contributed by atoms with Crippen molar-refractivity contribution in [2.24, 2.45) is 5.41 Å². The van der Waals surface area contributed by atoms with Crippen LogP contribution in [0, 0.1) is 12.3 Å². The first-order valence-corrected chi connectivity index (χ1v) is 5.98. The molecule has 0 fully saturated rings. The molecule has 0 heterocycles. The number of aromatic hydroxyl groups is 1. The van der Waals surface area contributed by atoms with E-state index < -0.39 is 0 Å². The molecule has 3 nitrogen and oxygen atoms in total. The van der Waals surface area contributed by atoms with E-state index in [1.807, 2.05) is 25.1 Å². The van der Waals surface area contributed by atoms with Gasteiger partial charge < -0.3 is 15.5 Å². The molecular weight excluding hydrogens is 214 g/mol. The normalized spacial score (nSPS) is 13.7. The summed E-state index contributed by atoms with van der Waals surface area (Å²) in [5, 5.41) is 22.5. The highest BCUT2D eigenvalue weighted by molar-refractivity contribution is 5.39. The SMILES string of the molecule is Cc1cccc(CNC(CO)C(C)(C)C)c1O. The molecular formula is C14H23NO2. The van der Waals surface area contributed by atoms with Crippen molar-refractivity contribution in [1.82, 2.24) is 5.32 Å². The lowest BCUT2D eigenvalue weighted by atomic mass is 9.87. The molecule has 0 aliphatic rings. The number of aliphatic hydroxyl groups excluding tert-OH is 1. The molecule has 1 atom stereocenters. The molecule has 3 heteroatoms. The second kappa shape index (κ2) is 5.52. The fourth-order valence-corrected chi connectivity index (χ4v) is 1.74. The Morgan fingerprint density at radius 2 is 1.94 bits per heavy atom. The fraction of sp³-hybridized carbons (Fsp3) is 0.571. The van der Waals surface area contributed by atoms with E-state index in [1.54, 1.807) is 0 Å². The van der Waals surface area contributed by atoms with Crippen LogP contribution in [0.4, 0.5) is 0 Å². The lowest BCUT2D eigenvalue weighted by Gasteiger charge is -2.30. The number of aryl methyl sites for hydroxylation is 1. The van der Waals surface area contributed by atoms with Crippen LogP contribution in [0.25, 0.3) is 0 Å². The van der Waals surface area contributed by atoms with Crippen molar-refractivity contribution in [2.75, 3.05) is 6.61 Å². The van der Waals surface area contributed by atoms with Crippen LogP contribution < -0.4 is 5.32 Å². The van der Waals surface area contributed by atoms with E-state index in [2.05, 4.69) is 26.1 Å². The molecule has 0 aromatic heterocycles. The molecule has 0 radical (unpaired) electrons. The van der Waals surface area contributed by atoms with E-state index in [0.29, 0.717) is 12.3 Å². The summed E-state index contributed by atoms with van der Waals surface area (Å²) in [5.74, 6) is 0.339. The maximum atomic E-state index is 9.88. The molecule has 0 spiro atoms. The number of phenols is 1. The highest BCUT2D eigenvalue weighted by Crippen LogP contribution is 2.23. The van der Waals surface area contributed by atoms with Gasteiger partial charge in [0, 0.05) is 18.2 Å². The molecule has 1 aromatic carbocycles. The molecule has 0 aliphatic heterocycles. The van der Waals surface area contributed by atoms with Gasteiger partial charge in [-0.05, 0) is 17.9 Å². The van der Waals surface area contributed by atoms with Crippen LogP contribution in [0.2, 0.25) is 0 Å². The van der Waals surface area contributed by atoms with Crippen molar-refractivity contribution >= 4 is 0 Å². The van der Waals surface area contributed by atoms with Crippen molar-refractivity contribution < 1.29 is 10.2 Å². The Bertz CT molecular complexity index is 369. The number of para-hydroxylation sites is 1. The summed E-state index contributed by atoms with van der Waals surface area (Å²) in [6, 6.07) is 5.72. The Kier molecular flexibility index (Phi) is 4.54. The minimum atomic E-state index is -0.00576. The van der Waals surface area contributed by atoms with Crippen LogP contribution >= 0.6 is 0 Å². The van der Waals surface area contributed by atoms with Crippen molar-refractivity contribution in [3.05, 3.63) is 29.3 Å². The van der Waals surface area contributed by atoms with Crippen LogP contribution in [0.1, 0.15) is 31.9 Å². The number of phenolic OH excluding ortho intramolecular Hbond substituents is 1. The number of hydrogen-bond donors (Lipinski definition) is 3. The van der Waals surface area contributed by atoms with Gasteiger partial charge >= 0.3 is 0 Å². The van der Waals surface area contributed by atoms with Crippen LogP contribution in [-0.2, 0) is 6.54 Å². The second-order valence-corrected chi connectivity index (χ2v) is 5.56. The van der Waals surface area contributed by atoms with E-state index in [0.717, 1.165) is 11.1 Å². The van der Waals surface area contributed by atoms with E-state index in [4.69, 9.17) is 0 Å². The number of aliphatic hydroxyl groups is 1. The Hall–Kier alpha value is -1.06. The Labute approximate surface area is 103 Å². The standard InChI is InChI=1S/C14H23NO2/c1-10-6-5-7-11(13(10)17)8-15-12(9-16)14(2,3)4/h5-7,12,15-17H,8-9H2,1-4H3. The minimum absolute atomic E-state index is 0.00576. The summed E-state index contributed by atoms with van der Waals surface area (Å²) in [6.07, 6.45) is 0. The average Bonchev–Trinajstić information content (AvgIpc) is 2.23. The van der Waals surface area contributed by atoms with Crippen LogP contribution in [0.3, 0.4) is 0 Å². The van der Waals surface area contributed by atoms with Gasteiger partial charge in [0.25, 0.3) is 0 Å². The van der Waals surface area contributed by atoms with Crippen molar-refractivity contribution in [3.8, 4) is 5.75 Å². The van der Waals surface area contributed by atoms with Gasteiger partial charge in [-0.15, -0.1) is 0 Å². The van der Waals surface area contributed by atoms with Crippen LogP contribution in [0.5, 0.6) is 5.75 Å². The molecule has 0 saturated heterocycles. The van der Waals surface area contributed by atoms with Crippen molar-refractivity contribution in [1.29, 1.82) is 0 Å². The molecule has 17 heavy (non-hydrogen) atoms. The van der Waals surface area contributed by atoms with Gasteiger partial charge in [0.05, 0.1) is 6.61 Å². The first-order valence-electron chi connectivity index (χ1n) is 5.98. The zero-order valence-electron chi connectivity index (χ0n) is 11.1. The van der Waals surface area contributed by atoms with Gasteiger partial charge in [-0.2, -0.15) is 0 Å². The number of benzene rings is 1. The largest absolute Gasteiger partial charge is 0.507 e. The second-order valence-electron chi connectivity index (χ2n) is 5.56. The molecule has 1 rings (SSSR count).